The maximum atomic E-state index is 13.8. The molecule has 0 unspecified atom stereocenters. The number of H-pyrrole nitrogens is 1. The topological polar surface area (TPSA) is 45.8 Å². The summed E-state index contributed by atoms with van der Waals surface area (Å²) in [5, 5.41) is 0. The van der Waals surface area contributed by atoms with Gasteiger partial charge in [-0.1, -0.05) is 42.5 Å². The molecule has 0 fully saturated rings. The molecule has 0 saturated carbocycles. The summed E-state index contributed by atoms with van der Waals surface area (Å²) in [5.74, 6) is -0.185. The van der Waals surface area contributed by atoms with Crippen molar-refractivity contribution in [2.45, 2.75) is 0 Å². The van der Waals surface area contributed by atoms with Crippen LogP contribution in [0.4, 0.5) is 4.39 Å². The number of benzene rings is 2. The summed E-state index contributed by atoms with van der Waals surface area (Å²) in [5.41, 5.74) is 1.31. The van der Waals surface area contributed by atoms with Crippen molar-refractivity contribution in [1.29, 1.82) is 0 Å². The lowest BCUT2D eigenvalue weighted by Gasteiger charge is -2.05. The molecule has 0 aliphatic rings. The third kappa shape index (κ3) is 2.36. The van der Waals surface area contributed by atoms with Crippen LogP contribution in [0.3, 0.4) is 0 Å². The number of aromatic amines is 1. The van der Waals surface area contributed by atoms with Crippen molar-refractivity contribution in [2.75, 3.05) is 0 Å². The van der Waals surface area contributed by atoms with Crippen LogP contribution in [-0.4, -0.2) is 9.97 Å². The molecule has 0 atom stereocenters. The summed E-state index contributed by atoms with van der Waals surface area (Å²) >= 11 is 0. The Morgan fingerprint density at radius 1 is 0.950 bits per heavy atom. The summed E-state index contributed by atoms with van der Waals surface area (Å²) in [6.07, 6.45) is 0. The molecule has 4 heteroatoms. The van der Waals surface area contributed by atoms with Gasteiger partial charge in [0, 0.05) is 11.6 Å². The molecule has 0 amide bonds. The van der Waals surface area contributed by atoms with Gasteiger partial charge in [-0.2, -0.15) is 0 Å². The van der Waals surface area contributed by atoms with E-state index in [4.69, 9.17) is 0 Å². The Morgan fingerprint density at radius 3 is 2.40 bits per heavy atom. The Balaban J connectivity index is 2.18. The Kier molecular flexibility index (Phi) is 3.13. The second kappa shape index (κ2) is 5.09. The first-order valence-electron chi connectivity index (χ1n) is 6.16. The molecule has 20 heavy (non-hydrogen) atoms. The van der Waals surface area contributed by atoms with Crippen molar-refractivity contribution >= 4 is 0 Å². The fourth-order valence-corrected chi connectivity index (χ4v) is 2.00. The maximum Gasteiger partial charge on any atom is 0.251 e. The van der Waals surface area contributed by atoms with Gasteiger partial charge in [-0.25, -0.2) is 9.37 Å². The van der Waals surface area contributed by atoms with Gasteiger partial charge >= 0.3 is 0 Å². The smallest absolute Gasteiger partial charge is 0.251 e. The minimum atomic E-state index is -0.416. The highest BCUT2D eigenvalue weighted by molar-refractivity contribution is 5.63. The molecule has 1 N–H and O–H groups in total. The van der Waals surface area contributed by atoms with Gasteiger partial charge in [0.05, 0.1) is 11.3 Å². The highest BCUT2D eigenvalue weighted by Crippen LogP contribution is 2.21. The lowest BCUT2D eigenvalue weighted by Crippen LogP contribution is -2.09. The molecule has 0 saturated heterocycles. The lowest BCUT2D eigenvalue weighted by molar-refractivity contribution is 0.630. The van der Waals surface area contributed by atoms with E-state index in [0.717, 1.165) is 5.56 Å². The molecule has 0 aliphatic heterocycles. The van der Waals surface area contributed by atoms with Gasteiger partial charge in [-0.3, -0.25) is 4.79 Å². The monoisotopic (exact) mass is 266 g/mol. The Hall–Kier alpha value is -2.75. The number of aromatic nitrogens is 2. The summed E-state index contributed by atoms with van der Waals surface area (Å²) in [6.45, 7) is 0. The zero-order valence-electron chi connectivity index (χ0n) is 10.5. The minimum Gasteiger partial charge on any atom is -0.306 e. The molecule has 1 aromatic heterocycles. The maximum absolute atomic E-state index is 13.8. The minimum absolute atomic E-state index is 0.231. The lowest BCUT2D eigenvalue weighted by atomic mass is 10.1. The average Bonchev–Trinajstić information content (AvgIpc) is 2.48. The van der Waals surface area contributed by atoms with Crippen molar-refractivity contribution in [1.82, 2.24) is 9.97 Å². The molecule has 2 aromatic carbocycles. The number of nitrogens with zero attached hydrogens (tertiary/aromatic N) is 1. The molecule has 0 radical (unpaired) electrons. The van der Waals surface area contributed by atoms with Gasteiger partial charge in [0.15, 0.2) is 0 Å². The fourth-order valence-electron chi connectivity index (χ4n) is 2.00. The summed E-state index contributed by atoms with van der Waals surface area (Å²) in [7, 11) is 0. The fraction of sp³-hybridized carbons (Fsp3) is 0. The van der Waals surface area contributed by atoms with Gasteiger partial charge in [0.1, 0.15) is 11.6 Å². The van der Waals surface area contributed by atoms with E-state index in [0.29, 0.717) is 5.69 Å². The van der Waals surface area contributed by atoms with Crippen molar-refractivity contribution in [3.63, 3.8) is 0 Å². The molecule has 0 spiro atoms. The number of nitrogens with one attached hydrogen (secondary N) is 1. The van der Waals surface area contributed by atoms with Crippen LogP contribution in [0.25, 0.3) is 22.6 Å². The first-order valence-corrected chi connectivity index (χ1v) is 6.16. The first-order chi connectivity index (χ1) is 9.74. The third-order valence-corrected chi connectivity index (χ3v) is 2.94. The van der Waals surface area contributed by atoms with Crippen LogP contribution in [0.5, 0.6) is 0 Å². The predicted molar refractivity (Wildman–Crippen MR) is 75.7 cm³/mol. The Labute approximate surface area is 114 Å². The van der Waals surface area contributed by atoms with E-state index >= 15 is 0 Å². The van der Waals surface area contributed by atoms with Crippen molar-refractivity contribution in [3.8, 4) is 22.6 Å². The second-order valence-corrected chi connectivity index (χ2v) is 4.33. The van der Waals surface area contributed by atoms with Gasteiger partial charge in [-0.05, 0) is 12.1 Å². The summed E-state index contributed by atoms with van der Waals surface area (Å²) < 4.78 is 13.8. The predicted octanol–water partition coefficient (Wildman–Crippen LogP) is 3.24. The molecule has 1 heterocycles. The number of hydrogen-bond acceptors (Lipinski definition) is 2. The summed E-state index contributed by atoms with van der Waals surface area (Å²) in [6, 6.07) is 16.9. The Morgan fingerprint density at radius 2 is 1.65 bits per heavy atom. The molecular weight excluding hydrogens is 255 g/mol. The normalized spacial score (nSPS) is 10.4. The number of halogens is 1. The molecule has 3 rings (SSSR count). The first kappa shape index (κ1) is 12.3. The van der Waals surface area contributed by atoms with E-state index in [9.17, 15) is 9.18 Å². The molecular formula is C16H11FN2O. The van der Waals surface area contributed by atoms with E-state index < -0.39 is 5.82 Å². The van der Waals surface area contributed by atoms with E-state index in [1.807, 2.05) is 30.3 Å². The summed E-state index contributed by atoms with van der Waals surface area (Å²) in [4.78, 5) is 18.7. The highest BCUT2D eigenvalue weighted by atomic mass is 19.1. The average molecular weight is 266 g/mol. The molecule has 0 bridgehead atoms. The van der Waals surface area contributed by atoms with E-state index in [2.05, 4.69) is 9.97 Å². The Bertz CT molecular complexity index is 797. The van der Waals surface area contributed by atoms with Crippen LogP contribution in [-0.2, 0) is 0 Å². The van der Waals surface area contributed by atoms with E-state index in [-0.39, 0.29) is 16.9 Å². The largest absolute Gasteiger partial charge is 0.306 e. The van der Waals surface area contributed by atoms with E-state index in [1.165, 1.54) is 12.1 Å². The number of hydrogen-bond donors (Lipinski definition) is 1. The van der Waals surface area contributed by atoms with Gasteiger partial charge in [-0.15, -0.1) is 0 Å². The van der Waals surface area contributed by atoms with Crippen molar-refractivity contribution < 1.29 is 4.39 Å². The number of rotatable bonds is 2. The van der Waals surface area contributed by atoms with Crippen molar-refractivity contribution in [3.05, 3.63) is 76.8 Å². The van der Waals surface area contributed by atoms with Crippen molar-refractivity contribution in [2.24, 2.45) is 0 Å². The molecule has 98 valence electrons. The zero-order valence-corrected chi connectivity index (χ0v) is 10.5. The molecule has 3 aromatic rings. The van der Waals surface area contributed by atoms with Crippen LogP contribution >= 0.6 is 0 Å². The van der Waals surface area contributed by atoms with Crippen LogP contribution in [0.1, 0.15) is 0 Å². The van der Waals surface area contributed by atoms with Crippen LogP contribution < -0.4 is 5.56 Å². The van der Waals surface area contributed by atoms with Crippen LogP contribution in [0.2, 0.25) is 0 Å². The van der Waals surface area contributed by atoms with Crippen LogP contribution in [0.15, 0.2) is 65.5 Å². The molecule has 3 nitrogen and oxygen atoms in total. The van der Waals surface area contributed by atoms with Gasteiger partial charge < -0.3 is 4.98 Å². The molecule has 0 aliphatic carbocycles. The third-order valence-electron chi connectivity index (χ3n) is 2.94. The second-order valence-electron chi connectivity index (χ2n) is 4.33. The van der Waals surface area contributed by atoms with Crippen LogP contribution in [0, 0.1) is 5.82 Å². The van der Waals surface area contributed by atoms with E-state index in [1.54, 1.807) is 18.2 Å². The van der Waals surface area contributed by atoms with Gasteiger partial charge in [0.25, 0.3) is 5.56 Å². The zero-order chi connectivity index (χ0) is 13.9. The highest BCUT2D eigenvalue weighted by Gasteiger charge is 2.09. The standard InChI is InChI=1S/C16H11FN2O/c17-13-9-5-4-8-12(13)16-18-14(10-15(20)19-16)11-6-2-1-3-7-11/h1-10H,(H,18,19,20). The SMILES string of the molecule is O=c1cc(-c2ccccc2)nc(-c2ccccc2F)[nH]1. The van der Waals surface area contributed by atoms with Gasteiger partial charge in [0.2, 0.25) is 0 Å². The quantitative estimate of drug-likeness (QED) is 0.774.